The summed E-state index contributed by atoms with van der Waals surface area (Å²) in [6.07, 6.45) is -2.83. The van der Waals surface area contributed by atoms with E-state index in [1.54, 1.807) is 24.4 Å². The molecule has 0 bridgehead atoms. The van der Waals surface area contributed by atoms with E-state index in [1.807, 2.05) is 0 Å². The zero-order chi connectivity index (χ0) is 21.3. The van der Waals surface area contributed by atoms with E-state index in [0.717, 1.165) is 11.3 Å². The molecule has 3 heterocycles. The number of hydrogen-bond donors (Lipinski definition) is 1. The van der Waals surface area contributed by atoms with Crippen LogP contribution in [0.2, 0.25) is 0 Å². The summed E-state index contributed by atoms with van der Waals surface area (Å²) in [5.74, 6) is -0.306. The van der Waals surface area contributed by atoms with Gasteiger partial charge in [-0.2, -0.15) is 13.2 Å². The fraction of sp³-hybridized carbons (Fsp3) is 0.222. The normalized spacial score (nSPS) is 11.8. The van der Waals surface area contributed by atoms with Crippen LogP contribution in [0.25, 0.3) is 15.9 Å². The van der Waals surface area contributed by atoms with Gasteiger partial charge >= 0.3 is 11.9 Å². The van der Waals surface area contributed by atoms with Crippen LogP contribution < -0.4 is 15.7 Å². The van der Waals surface area contributed by atoms with E-state index in [9.17, 15) is 22.8 Å². The lowest BCUT2D eigenvalue weighted by atomic mass is 10.3. The number of benzene rings is 1. The molecule has 1 aromatic carbocycles. The predicted molar refractivity (Wildman–Crippen MR) is 104 cm³/mol. The molecule has 0 spiro atoms. The topological polar surface area (TPSA) is 90.5 Å². The molecule has 0 aliphatic rings. The average Bonchev–Trinajstić information content (AvgIpc) is 3.24. The Morgan fingerprint density at radius 3 is 2.83 bits per heavy atom. The van der Waals surface area contributed by atoms with E-state index in [-0.39, 0.29) is 30.3 Å². The van der Waals surface area contributed by atoms with E-state index in [1.165, 1.54) is 27.3 Å². The van der Waals surface area contributed by atoms with Gasteiger partial charge in [0.25, 0.3) is 0 Å². The maximum Gasteiger partial charge on any atom is 0.422 e. The third kappa shape index (κ3) is 4.43. The van der Waals surface area contributed by atoms with Crippen molar-refractivity contribution in [1.29, 1.82) is 0 Å². The first-order chi connectivity index (χ1) is 14.3. The maximum atomic E-state index is 12.3. The van der Waals surface area contributed by atoms with Gasteiger partial charge in [0.2, 0.25) is 5.91 Å². The second-order valence-electron chi connectivity index (χ2n) is 6.29. The number of fused-ring (bicyclic) bond motifs is 2. The number of carbonyl (C=O) groups excluding carboxylic acids is 1. The highest BCUT2D eigenvalue weighted by atomic mass is 32.1. The first kappa shape index (κ1) is 19.9. The van der Waals surface area contributed by atoms with Gasteiger partial charge in [0.15, 0.2) is 17.4 Å². The summed E-state index contributed by atoms with van der Waals surface area (Å²) in [5.41, 5.74) is 0.661. The fourth-order valence-electron chi connectivity index (χ4n) is 2.72. The zero-order valence-electron chi connectivity index (χ0n) is 15.2. The number of rotatable bonds is 6. The minimum atomic E-state index is -4.43. The first-order valence-corrected chi connectivity index (χ1v) is 9.54. The summed E-state index contributed by atoms with van der Waals surface area (Å²) >= 11 is 1.11. The van der Waals surface area contributed by atoms with Crippen LogP contribution >= 0.6 is 11.3 Å². The number of pyridine rings is 1. The largest absolute Gasteiger partial charge is 0.484 e. The van der Waals surface area contributed by atoms with Gasteiger partial charge in [0.05, 0.1) is 16.8 Å². The molecular weight excluding hydrogens is 423 g/mol. The number of thiazole rings is 1. The molecule has 0 atom stereocenters. The number of alkyl halides is 3. The molecule has 4 rings (SSSR count). The number of aryl methyl sites for hydroxylation is 1. The van der Waals surface area contributed by atoms with Gasteiger partial charge in [0.1, 0.15) is 5.75 Å². The molecule has 0 radical (unpaired) electrons. The van der Waals surface area contributed by atoms with Gasteiger partial charge in [-0.25, -0.2) is 14.5 Å². The fourth-order valence-corrected chi connectivity index (χ4v) is 3.63. The molecule has 1 amide bonds. The number of hydrogen-bond acceptors (Lipinski definition) is 6. The van der Waals surface area contributed by atoms with Crippen LogP contribution in [0.1, 0.15) is 6.42 Å². The average molecular weight is 437 g/mol. The number of nitrogens with zero attached hydrogens (tertiary/aromatic N) is 4. The summed E-state index contributed by atoms with van der Waals surface area (Å²) in [6.45, 7) is -1.30. The van der Waals surface area contributed by atoms with E-state index in [2.05, 4.69) is 15.4 Å². The minimum Gasteiger partial charge on any atom is -0.484 e. The van der Waals surface area contributed by atoms with Gasteiger partial charge in [-0.3, -0.25) is 9.20 Å². The van der Waals surface area contributed by atoms with Crippen LogP contribution in [0, 0.1) is 0 Å². The van der Waals surface area contributed by atoms with Crippen molar-refractivity contribution in [3.05, 3.63) is 53.1 Å². The van der Waals surface area contributed by atoms with Crippen LogP contribution in [0.4, 0.5) is 18.3 Å². The van der Waals surface area contributed by atoms with Crippen molar-refractivity contribution >= 4 is 38.2 Å². The second kappa shape index (κ2) is 7.78. The van der Waals surface area contributed by atoms with E-state index >= 15 is 0 Å². The molecule has 0 unspecified atom stereocenters. The quantitative estimate of drug-likeness (QED) is 0.501. The van der Waals surface area contributed by atoms with Crippen molar-refractivity contribution in [3.8, 4) is 5.75 Å². The number of ether oxygens (including phenoxy) is 1. The molecular formula is C18H14F3N5O3S. The molecule has 0 saturated carbocycles. The Balaban J connectivity index is 1.40. The molecule has 156 valence electrons. The van der Waals surface area contributed by atoms with Crippen LogP contribution in [0.3, 0.4) is 0 Å². The van der Waals surface area contributed by atoms with Crippen molar-refractivity contribution in [1.82, 2.24) is 19.2 Å². The van der Waals surface area contributed by atoms with Gasteiger partial charge in [-0.15, -0.1) is 5.10 Å². The van der Waals surface area contributed by atoms with E-state index in [4.69, 9.17) is 4.74 Å². The third-order valence-electron chi connectivity index (χ3n) is 4.05. The Kier molecular flexibility index (Phi) is 5.16. The number of anilines is 1. The van der Waals surface area contributed by atoms with Crippen molar-refractivity contribution in [2.75, 3.05) is 11.9 Å². The molecule has 3 aromatic heterocycles. The van der Waals surface area contributed by atoms with Crippen LogP contribution in [0.15, 0.2) is 47.4 Å². The van der Waals surface area contributed by atoms with Crippen LogP contribution in [0.5, 0.6) is 5.75 Å². The lowest BCUT2D eigenvalue weighted by molar-refractivity contribution is -0.153. The highest BCUT2D eigenvalue weighted by molar-refractivity contribution is 7.22. The molecule has 4 aromatic rings. The molecule has 0 aliphatic heterocycles. The van der Waals surface area contributed by atoms with Gasteiger partial charge in [-0.1, -0.05) is 17.4 Å². The van der Waals surface area contributed by atoms with Crippen molar-refractivity contribution < 1.29 is 22.7 Å². The molecule has 1 N–H and O–H groups in total. The minimum absolute atomic E-state index is 0.000340. The summed E-state index contributed by atoms with van der Waals surface area (Å²) in [4.78, 5) is 28.7. The molecule has 30 heavy (non-hydrogen) atoms. The molecule has 0 fully saturated rings. The lowest BCUT2D eigenvalue weighted by Crippen LogP contribution is -2.24. The summed E-state index contributed by atoms with van der Waals surface area (Å²) in [7, 11) is 0. The van der Waals surface area contributed by atoms with Gasteiger partial charge in [0, 0.05) is 12.6 Å². The van der Waals surface area contributed by atoms with Crippen molar-refractivity contribution in [2.45, 2.75) is 19.1 Å². The van der Waals surface area contributed by atoms with Crippen LogP contribution in [-0.2, 0) is 11.3 Å². The first-order valence-electron chi connectivity index (χ1n) is 8.73. The SMILES string of the molecule is O=C(CCn1nc2ccccn2c1=O)Nc1nc2ccc(OCC(F)(F)F)cc2s1. The van der Waals surface area contributed by atoms with Crippen molar-refractivity contribution in [2.24, 2.45) is 0 Å². The predicted octanol–water partition coefficient (Wildman–Crippen LogP) is 3.08. The van der Waals surface area contributed by atoms with Crippen molar-refractivity contribution in [3.63, 3.8) is 0 Å². The Labute approximate surface area is 170 Å². The van der Waals surface area contributed by atoms with E-state index in [0.29, 0.717) is 21.0 Å². The number of aromatic nitrogens is 4. The maximum absolute atomic E-state index is 12.3. The number of halogens is 3. The van der Waals surface area contributed by atoms with E-state index < -0.39 is 12.8 Å². The Morgan fingerprint density at radius 2 is 2.07 bits per heavy atom. The third-order valence-corrected chi connectivity index (χ3v) is 4.98. The molecule has 8 nitrogen and oxygen atoms in total. The lowest BCUT2D eigenvalue weighted by Gasteiger charge is -2.08. The van der Waals surface area contributed by atoms with Crippen LogP contribution in [-0.4, -0.2) is 37.9 Å². The standard InChI is InChI=1S/C18H14F3N5O3S/c19-18(20,21)10-29-11-4-5-12-13(9-11)30-16(22-12)23-15(27)6-8-26-17(28)25-7-2-1-3-14(25)24-26/h1-5,7,9H,6,8,10H2,(H,22,23,27). The van der Waals surface area contributed by atoms with Gasteiger partial charge < -0.3 is 10.1 Å². The smallest absolute Gasteiger partial charge is 0.422 e. The Morgan fingerprint density at radius 1 is 1.23 bits per heavy atom. The monoisotopic (exact) mass is 437 g/mol. The highest BCUT2D eigenvalue weighted by Crippen LogP contribution is 2.30. The van der Waals surface area contributed by atoms with Gasteiger partial charge in [-0.05, 0) is 30.3 Å². The zero-order valence-corrected chi connectivity index (χ0v) is 16.0. The molecule has 12 heteroatoms. The molecule has 0 aliphatic carbocycles. The number of nitrogens with one attached hydrogen (secondary N) is 1. The Bertz CT molecular complexity index is 1280. The molecule has 0 saturated heterocycles. The number of amides is 1. The highest BCUT2D eigenvalue weighted by Gasteiger charge is 2.28. The summed E-state index contributed by atoms with van der Waals surface area (Å²) in [6, 6.07) is 9.49. The second-order valence-corrected chi connectivity index (χ2v) is 7.32. The summed E-state index contributed by atoms with van der Waals surface area (Å²) < 4.78 is 44.7. The number of carbonyl (C=O) groups is 1. The summed E-state index contributed by atoms with van der Waals surface area (Å²) in [5, 5.41) is 7.08. The Hall–Kier alpha value is -3.41.